The summed E-state index contributed by atoms with van der Waals surface area (Å²) >= 11 is 0. The molecule has 0 saturated carbocycles. The van der Waals surface area contributed by atoms with Gasteiger partial charge in [0.2, 0.25) is 0 Å². The fraction of sp³-hybridized carbons (Fsp3) is 0.316. The van der Waals surface area contributed by atoms with Gasteiger partial charge in [-0.25, -0.2) is 4.39 Å². The zero-order valence-corrected chi connectivity index (χ0v) is 13.5. The van der Waals surface area contributed by atoms with Crippen molar-refractivity contribution in [2.75, 3.05) is 18.0 Å². The van der Waals surface area contributed by atoms with Gasteiger partial charge in [-0.3, -0.25) is 4.79 Å². The number of aliphatic carboxylic acids is 1. The van der Waals surface area contributed by atoms with Crippen LogP contribution in [0, 0.1) is 5.82 Å². The second kappa shape index (κ2) is 7.77. The smallest absolute Gasteiger partial charge is 0.311 e. The third kappa shape index (κ3) is 4.31. The average molecular weight is 315 g/mol. The van der Waals surface area contributed by atoms with Gasteiger partial charge < -0.3 is 10.0 Å². The van der Waals surface area contributed by atoms with E-state index in [-0.39, 0.29) is 5.82 Å². The first-order valence-electron chi connectivity index (χ1n) is 7.87. The van der Waals surface area contributed by atoms with Gasteiger partial charge in [0, 0.05) is 18.8 Å². The fourth-order valence-corrected chi connectivity index (χ4v) is 2.71. The predicted octanol–water partition coefficient (Wildman–Crippen LogP) is 4.08. The summed E-state index contributed by atoms with van der Waals surface area (Å²) in [6.07, 6.45) is 0.388. The van der Waals surface area contributed by atoms with Crippen LogP contribution in [0.5, 0.6) is 0 Å². The molecule has 1 atom stereocenters. The summed E-state index contributed by atoms with van der Waals surface area (Å²) in [7, 11) is 0. The summed E-state index contributed by atoms with van der Waals surface area (Å²) in [5.41, 5.74) is 2.71. The molecule has 0 amide bonds. The van der Waals surface area contributed by atoms with Crippen LogP contribution >= 0.6 is 0 Å². The van der Waals surface area contributed by atoms with Crippen LogP contribution < -0.4 is 4.90 Å². The first-order valence-corrected chi connectivity index (χ1v) is 7.87. The van der Waals surface area contributed by atoms with Crippen LogP contribution in [0.25, 0.3) is 0 Å². The fourth-order valence-electron chi connectivity index (χ4n) is 2.71. The molecule has 23 heavy (non-hydrogen) atoms. The molecule has 0 bridgehead atoms. The molecule has 0 radical (unpaired) electrons. The predicted molar refractivity (Wildman–Crippen MR) is 90.5 cm³/mol. The van der Waals surface area contributed by atoms with E-state index in [4.69, 9.17) is 0 Å². The Morgan fingerprint density at radius 2 is 1.61 bits per heavy atom. The normalized spacial score (nSPS) is 12.0. The van der Waals surface area contributed by atoms with Crippen LogP contribution in [0.4, 0.5) is 10.1 Å². The van der Waals surface area contributed by atoms with E-state index in [1.54, 1.807) is 12.1 Å². The summed E-state index contributed by atoms with van der Waals surface area (Å²) in [5.74, 6) is -1.93. The van der Waals surface area contributed by atoms with Crippen LogP contribution in [0.3, 0.4) is 0 Å². The molecule has 122 valence electrons. The Morgan fingerprint density at radius 3 is 2.09 bits per heavy atom. The van der Waals surface area contributed by atoms with E-state index in [1.165, 1.54) is 12.1 Å². The first kappa shape index (κ1) is 17.0. The molecule has 0 spiro atoms. The highest BCUT2D eigenvalue weighted by Crippen LogP contribution is 2.23. The van der Waals surface area contributed by atoms with Crippen molar-refractivity contribution in [2.45, 2.75) is 26.2 Å². The number of rotatable bonds is 7. The summed E-state index contributed by atoms with van der Waals surface area (Å²) in [6.45, 7) is 6.07. The van der Waals surface area contributed by atoms with Crippen molar-refractivity contribution in [3.05, 3.63) is 65.5 Å². The lowest BCUT2D eigenvalue weighted by Crippen LogP contribution is -2.21. The highest BCUT2D eigenvalue weighted by Gasteiger charge is 2.20. The molecule has 0 aliphatic rings. The highest BCUT2D eigenvalue weighted by atomic mass is 19.1. The molecule has 0 aliphatic heterocycles. The number of carboxylic acid groups (broad SMARTS) is 1. The zero-order valence-electron chi connectivity index (χ0n) is 13.5. The number of carbonyl (C=O) groups is 1. The minimum atomic E-state index is -0.899. The van der Waals surface area contributed by atoms with Crippen LogP contribution in [0.2, 0.25) is 0 Å². The van der Waals surface area contributed by atoms with E-state index in [9.17, 15) is 14.3 Å². The van der Waals surface area contributed by atoms with Crippen LogP contribution in [0.1, 0.15) is 30.9 Å². The maximum absolute atomic E-state index is 13.0. The molecular formula is C19H22FNO2. The molecular weight excluding hydrogens is 293 g/mol. The van der Waals surface area contributed by atoms with Crippen molar-refractivity contribution in [1.82, 2.24) is 0 Å². The van der Waals surface area contributed by atoms with Crippen molar-refractivity contribution >= 4 is 11.7 Å². The number of carboxylic acids is 1. The first-order chi connectivity index (χ1) is 11.0. The standard InChI is InChI=1S/C19H22FNO2/c1-3-21(4-2)17-11-5-14(6-12-17)13-18(19(22)23)15-7-9-16(20)10-8-15/h5-12,18H,3-4,13H2,1-2H3,(H,22,23). The van der Waals surface area contributed by atoms with Crippen LogP contribution in [-0.2, 0) is 11.2 Å². The molecule has 2 aromatic carbocycles. The minimum absolute atomic E-state index is 0.360. The van der Waals surface area contributed by atoms with Crippen molar-refractivity contribution in [1.29, 1.82) is 0 Å². The van der Waals surface area contributed by atoms with Gasteiger partial charge in [-0.1, -0.05) is 24.3 Å². The Kier molecular flexibility index (Phi) is 5.74. The molecule has 2 aromatic rings. The number of anilines is 1. The summed E-state index contributed by atoms with van der Waals surface area (Å²) in [5, 5.41) is 9.47. The summed E-state index contributed by atoms with van der Waals surface area (Å²) < 4.78 is 13.0. The van der Waals surface area contributed by atoms with E-state index in [2.05, 4.69) is 18.7 Å². The van der Waals surface area contributed by atoms with E-state index in [0.29, 0.717) is 12.0 Å². The van der Waals surface area contributed by atoms with Gasteiger partial charge in [-0.05, 0) is 55.7 Å². The molecule has 1 unspecified atom stereocenters. The largest absolute Gasteiger partial charge is 0.481 e. The number of nitrogens with zero attached hydrogens (tertiary/aromatic N) is 1. The lowest BCUT2D eigenvalue weighted by atomic mass is 9.92. The number of hydrogen-bond donors (Lipinski definition) is 1. The van der Waals surface area contributed by atoms with Gasteiger partial charge in [-0.2, -0.15) is 0 Å². The second-order valence-corrected chi connectivity index (χ2v) is 5.49. The minimum Gasteiger partial charge on any atom is -0.481 e. The quantitative estimate of drug-likeness (QED) is 0.837. The molecule has 4 heteroatoms. The Hall–Kier alpha value is -2.36. The molecule has 2 rings (SSSR count). The van der Waals surface area contributed by atoms with E-state index >= 15 is 0 Å². The SMILES string of the molecule is CCN(CC)c1ccc(CC(C(=O)O)c2ccc(F)cc2)cc1. The Bertz CT molecular complexity index is 633. The maximum Gasteiger partial charge on any atom is 0.311 e. The van der Waals surface area contributed by atoms with Gasteiger partial charge in [0.05, 0.1) is 5.92 Å². The lowest BCUT2D eigenvalue weighted by Gasteiger charge is -2.21. The zero-order chi connectivity index (χ0) is 16.8. The van der Waals surface area contributed by atoms with E-state index < -0.39 is 11.9 Å². The average Bonchev–Trinajstić information content (AvgIpc) is 2.56. The molecule has 0 aliphatic carbocycles. The molecule has 0 heterocycles. The van der Waals surface area contributed by atoms with E-state index in [1.807, 2.05) is 24.3 Å². The van der Waals surface area contributed by atoms with Crippen LogP contribution in [0.15, 0.2) is 48.5 Å². The van der Waals surface area contributed by atoms with E-state index in [0.717, 1.165) is 24.3 Å². The summed E-state index contributed by atoms with van der Waals surface area (Å²) in [4.78, 5) is 13.8. The van der Waals surface area contributed by atoms with Gasteiger partial charge in [0.15, 0.2) is 0 Å². The third-order valence-corrected chi connectivity index (χ3v) is 4.08. The Labute approximate surface area is 136 Å². The topological polar surface area (TPSA) is 40.5 Å². The maximum atomic E-state index is 13.0. The molecule has 0 fully saturated rings. The highest BCUT2D eigenvalue weighted by molar-refractivity contribution is 5.76. The van der Waals surface area contributed by atoms with Crippen molar-refractivity contribution < 1.29 is 14.3 Å². The monoisotopic (exact) mass is 315 g/mol. The molecule has 3 nitrogen and oxygen atoms in total. The molecule has 0 aromatic heterocycles. The van der Waals surface area contributed by atoms with Crippen molar-refractivity contribution in [2.24, 2.45) is 0 Å². The van der Waals surface area contributed by atoms with Gasteiger partial charge in [0.1, 0.15) is 5.82 Å². The Balaban J connectivity index is 2.17. The lowest BCUT2D eigenvalue weighted by molar-refractivity contribution is -0.138. The number of halogens is 1. The van der Waals surface area contributed by atoms with Gasteiger partial charge in [-0.15, -0.1) is 0 Å². The number of hydrogen-bond acceptors (Lipinski definition) is 2. The van der Waals surface area contributed by atoms with Gasteiger partial charge in [0.25, 0.3) is 0 Å². The Morgan fingerprint density at radius 1 is 1.04 bits per heavy atom. The van der Waals surface area contributed by atoms with Crippen LogP contribution in [-0.4, -0.2) is 24.2 Å². The van der Waals surface area contributed by atoms with Gasteiger partial charge >= 0.3 is 5.97 Å². The second-order valence-electron chi connectivity index (χ2n) is 5.49. The van der Waals surface area contributed by atoms with Crippen molar-refractivity contribution in [3.8, 4) is 0 Å². The third-order valence-electron chi connectivity index (χ3n) is 4.08. The molecule has 0 saturated heterocycles. The number of benzene rings is 2. The van der Waals surface area contributed by atoms with Crippen molar-refractivity contribution in [3.63, 3.8) is 0 Å². The molecule has 1 N–H and O–H groups in total. The summed E-state index contributed by atoms with van der Waals surface area (Å²) in [6, 6.07) is 13.7.